The lowest BCUT2D eigenvalue weighted by Crippen LogP contribution is -2.20. The van der Waals surface area contributed by atoms with Gasteiger partial charge in [0.2, 0.25) is 0 Å². The average Bonchev–Trinajstić information content (AvgIpc) is 3.22. The molecule has 2 unspecified atom stereocenters. The van der Waals surface area contributed by atoms with Gasteiger partial charge < -0.3 is 4.52 Å². The summed E-state index contributed by atoms with van der Waals surface area (Å²) in [6.45, 7) is 11.4. The van der Waals surface area contributed by atoms with E-state index in [0.29, 0.717) is 5.85 Å². The number of rotatable bonds is 2. The van der Waals surface area contributed by atoms with Crippen LogP contribution in [-0.4, -0.2) is 5.16 Å². The fourth-order valence-corrected chi connectivity index (χ4v) is 5.68. The molecule has 2 heteroatoms. The van der Waals surface area contributed by atoms with Crippen molar-refractivity contribution < 1.29 is 4.52 Å². The molecule has 0 amide bonds. The van der Waals surface area contributed by atoms with Crippen LogP contribution in [-0.2, 0) is 4.52 Å². The summed E-state index contributed by atoms with van der Waals surface area (Å²) in [5.74, 6) is 0.324. The SMILES string of the molecule is CC1=C(C)C(C)(P2OC2c2ccccc2)C(C)=C1C. The molecular weight excluding hydrogens is 251 g/mol. The normalized spacial score (nSPS) is 29.1. The molecular formula is C17H21OP. The van der Waals surface area contributed by atoms with E-state index in [9.17, 15) is 0 Å². The lowest BCUT2D eigenvalue weighted by Gasteiger charge is -2.27. The second-order valence-electron chi connectivity index (χ2n) is 5.77. The topological polar surface area (TPSA) is 12.5 Å². The number of hydrogen-bond acceptors (Lipinski definition) is 1. The lowest BCUT2D eigenvalue weighted by atomic mass is 9.98. The number of benzene rings is 1. The molecule has 1 saturated heterocycles. The van der Waals surface area contributed by atoms with E-state index in [-0.39, 0.29) is 5.16 Å². The van der Waals surface area contributed by atoms with Crippen molar-refractivity contribution in [1.29, 1.82) is 0 Å². The van der Waals surface area contributed by atoms with Crippen LogP contribution in [0.5, 0.6) is 0 Å². The van der Waals surface area contributed by atoms with Crippen molar-refractivity contribution in [3.8, 4) is 0 Å². The van der Waals surface area contributed by atoms with Crippen LogP contribution in [0, 0.1) is 0 Å². The standard InChI is InChI=1S/C17H21OP/c1-11-12(2)14(4)17(5,13(11)3)19-16(18-19)15-9-7-6-8-10-15/h6-10,16H,1-5H3. The van der Waals surface area contributed by atoms with Crippen molar-refractivity contribution in [2.24, 2.45) is 0 Å². The highest BCUT2D eigenvalue weighted by Gasteiger charge is 2.57. The minimum atomic E-state index is -0.421. The molecule has 1 nitrogen and oxygen atoms in total. The van der Waals surface area contributed by atoms with Gasteiger partial charge in [-0.1, -0.05) is 41.5 Å². The number of hydrogen-bond donors (Lipinski definition) is 0. The molecule has 0 radical (unpaired) electrons. The Morgan fingerprint density at radius 3 is 2.00 bits per heavy atom. The van der Waals surface area contributed by atoms with Gasteiger partial charge in [0.05, 0.1) is 13.3 Å². The Kier molecular flexibility index (Phi) is 2.96. The fourth-order valence-electron chi connectivity index (χ4n) is 3.14. The molecule has 1 aliphatic carbocycles. The first-order valence-corrected chi connectivity index (χ1v) is 8.18. The summed E-state index contributed by atoms with van der Waals surface area (Å²) in [5, 5.41) is 0.143. The largest absolute Gasteiger partial charge is 0.340 e. The third-order valence-electron chi connectivity index (χ3n) is 5.05. The Morgan fingerprint density at radius 2 is 1.47 bits per heavy atom. The van der Waals surface area contributed by atoms with Gasteiger partial charge in [-0.3, -0.25) is 0 Å². The molecule has 1 aliphatic heterocycles. The molecule has 0 N–H and O–H groups in total. The summed E-state index contributed by atoms with van der Waals surface area (Å²) in [6, 6.07) is 10.6. The molecule has 100 valence electrons. The zero-order valence-corrected chi connectivity index (χ0v) is 13.2. The van der Waals surface area contributed by atoms with Crippen molar-refractivity contribution in [2.75, 3.05) is 0 Å². The van der Waals surface area contributed by atoms with Crippen LogP contribution >= 0.6 is 8.15 Å². The smallest absolute Gasteiger partial charge is 0.132 e. The highest BCUT2D eigenvalue weighted by Crippen LogP contribution is 2.82. The Bertz CT molecular complexity index is 559. The monoisotopic (exact) mass is 272 g/mol. The second-order valence-corrected chi connectivity index (χ2v) is 7.99. The molecule has 0 aromatic heterocycles. The first-order chi connectivity index (χ1) is 8.98. The molecule has 1 heterocycles. The molecule has 1 aromatic carbocycles. The average molecular weight is 272 g/mol. The maximum absolute atomic E-state index is 6.12. The Hall–Kier alpha value is -0.910. The van der Waals surface area contributed by atoms with Gasteiger partial charge >= 0.3 is 0 Å². The Labute approximate surface area is 117 Å². The van der Waals surface area contributed by atoms with Crippen molar-refractivity contribution in [3.63, 3.8) is 0 Å². The van der Waals surface area contributed by atoms with E-state index in [1.165, 1.54) is 27.9 Å². The molecule has 3 rings (SSSR count). The zero-order chi connectivity index (χ0) is 13.8. The summed E-state index contributed by atoms with van der Waals surface area (Å²) >= 11 is 0. The van der Waals surface area contributed by atoms with Crippen molar-refractivity contribution in [1.82, 2.24) is 0 Å². The summed E-state index contributed by atoms with van der Waals surface area (Å²) < 4.78 is 6.12. The lowest BCUT2D eigenvalue weighted by molar-refractivity contribution is 0.467. The highest BCUT2D eigenvalue weighted by atomic mass is 31.2. The molecule has 19 heavy (non-hydrogen) atoms. The van der Waals surface area contributed by atoms with Crippen LogP contribution in [0.2, 0.25) is 0 Å². The van der Waals surface area contributed by atoms with E-state index in [1.807, 2.05) is 0 Å². The van der Waals surface area contributed by atoms with Crippen molar-refractivity contribution >= 4 is 8.15 Å². The molecule has 2 aliphatic rings. The van der Waals surface area contributed by atoms with Crippen LogP contribution in [0.3, 0.4) is 0 Å². The van der Waals surface area contributed by atoms with Gasteiger partial charge in [0.25, 0.3) is 0 Å². The highest BCUT2D eigenvalue weighted by molar-refractivity contribution is 7.61. The second kappa shape index (κ2) is 4.30. The predicted octanol–water partition coefficient (Wildman–Crippen LogP) is 5.56. The fraction of sp³-hybridized carbons (Fsp3) is 0.412. The zero-order valence-electron chi connectivity index (χ0n) is 12.3. The van der Waals surface area contributed by atoms with Gasteiger partial charge in [0.15, 0.2) is 0 Å². The summed E-state index contributed by atoms with van der Waals surface area (Å²) in [5.41, 5.74) is 7.27. The van der Waals surface area contributed by atoms with Gasteiger partial charge in [-0.05, 0) is 51.3 Å². The van der Waals surface area contributed by atoms with Crippen LogP contribution < -0.4 is 0 Å². The first kappa shape index (κ1) is 13.1. The molecule has 2 atom stereocenters. The predicted molar refractivity (Wildman–Crippen MR) is 82.3 cm³/mol. The van der Waals surface area contributed by atoms with Crippen molar-refractivity contribution in [2.45, 2.75) is 45.6 Å². The minimum Gasteiger partial charge on any atom is -0.340 e. The third-order valence-corrected chi connectivity index (χ3v) is 7.67. The van der Waals surface area contributed by atoms with Gasteiger partial charge in [-0.15, -0.1) is 0 Å². The van der Waals surface area contributed by atoms with Crippen LogP contribution in [0.1, 0.15) is 46.0 Å². The maximum atomic E-state index is 6.12. The van der Waals surface area contributed by atoms with Crippen LogP contribution in [0.15, 0.2) is 52.6 Å². The van der Waals surface area contributed by atoms with Crippen LogP contribution in [0.25, 0.3) is 0 Å². The van der Waals surface area contributed by atoms with Gasteiger partial charge in [0, 0.05) is 0 Å². The van der Waals surface area contributed by atoms with Crippen molar-refractivity contribution in [3.05, 3.63) is 58.2 Å². The minimum absolute atomic E-state index is 0.143. The Balaban J connectivity index is 1.94. The number of allylic oxidation sites excluding steroid dienone is 4. The van der Waals surface area contributed by atoms with E-state index in [1.54, 1.807) is 0 Å². The molecule has 0 saturated carbocycles. The summed E-state index contributed by atoms with van der Waals surface area (Å²) in [6.07, 6.45) is 0. The summed E-state index contributed by atoms with van der Waals surface area (Å²) in [7, 11) is -0.421. The van der Waals surface area contributed by atoms with E-state index in [4.69, 9.17) is 4.52 Å². The van der Waals surface area contributed by atoms with E-state index in [0.717, 1.165) is 0 Å². The first-order valence-electron chi connectivity index (χ1n) is 6.85. The third kappa shape index (κ3) is 1.75. The van der Waals surface area contributed by atoms with Gasteiger partial charge in [0.1, 0.15) is 5.85 Å². The van der Waals surface area contributed by atoms with Gasteiger partial charge in [-0.2, -0.15) is 0 Å². The van der Waals surface area contributed by atoms with E-state index >= 15 is 0 Å². The molecule has 0 bridgehead atoms. The maximum Gasteiger partial charge on any atom is 0.132 e. The molecule has 1 fully saturated rings. The molecule has 1 aromatic rings. The van der Waals surface area contributed by atoms with E-state index < -0.39 is 8.15 Å². The molecule has 0 spiro atoms. The van der Waals surface area contributed by atoms with Gasteiger partial charge in [-0.25, -0.2) is 0 Å². The Morgan fingerprint density at radius 1 is 0.947 bits per heavy atom. The van der Waals surface area contributed by atoms with Crippen LogP contribution in [0.4, 0.5) is 0 Å². The quantitative estimate of drug-likeness (QED) is 0.507. The van der Waals surface area contributed by atoms with E-state index in [2.05, 4.69) is 65.0 Å². The summed E-state index contributed by atoms with van der Waals surface area (Å²) in [4.78, 5) is 0.